The molecule has 31 heavy (non-hydrogen) atoms. The number of alkyl halides is 3. The molecule has 8 heteroatoms. The number of β-amino-alcohol motifs (C(OH)–C–C–N with tert-alkyl or cyclic N) is 1. The monoisotopic (exact) mass is 432 g/mol. The lowest BCUT2D eigenvalue weighted by Crippen LogP contribution is -2.54. The molecule has 0 radical (unpaired) electrons. The highest BCUT2D eigenvalue weighted by Crippen LogP contribution is 2.42. The Morgan fingerprint density at radius 3 is 2.23 bits per heavy atom. The molecule has 2 aromatic carbocycles. The number of aliphatic hydroxyl groups excluding tert-OH is 1. The molecular formula is C23H20F4N2O2. The SMILES string of the molecule is Cc1c(-c2ccc(F)cc2)c(C(=O)N2CC(O)C2)n(Cc2ccccc2)c1C(F)(F)F. The van der Waals surface area contributed by atoms with E-state index in [0.717, 1.165) is 16.7 Å². The van der Waals surface area contributed by atoms with E-state index in [-0.39, 0.29) is 36.5 Å². The van der Waals surface area contributed by atoms with Gasteiger partial charge in [-0.1, -0.05) is 42.5 Å². The maximum Gasteiger partial charge on any atom is 0.431 e. The molecule has 1 aliphatic rings. The summed E-state index contributed by atoms with van der Waals surface area (Å²) < 4.78 is 57.0. The van der Waals surface area contributed by atoms with Crippen molar-refractivity contribution in [1.82, 2.24) is 9.47 Å². The van der Waals surface area contributed by atoms with Crippen molar-refractivity contribution in [2.75, 3.05) is 13.1 Å². The zero-order valence-corrected chi connectivity index (χ0v) is 16.7. The summed E-state index contributed by atoms with van der Waals surface area (Å²) >= 11 is 0. The molecule has 0 unspecified atom stereocenters. The first-order valence-corrected chi connectivity index (χ1v) is 9.74. The van der Waals surface area contributed by atoms with Crippen molar-refractivity contribution < 1.29 is 27.5 Å². The highest BCUT2D eigenvalue weighted by atomic mass is 19.4. The predicted octanol–water partition coefficient (Wildman–Crippen LogP) is 4.49. The molecule has 4 nitrogen and oxygen atoms in total. The van der Waals surface area contributed by atoms with E-state index < -0.39 is 29.7 Å². The summed E-state index contributed by atoms with van der Waals surface area (Å²) in [6.45, 7) is 1.27. The Kier molecular flexibility index (Phi) is 5.35. The van der Waals surface area contributed by atoms with Gasteiger partial charge in [-0.05, 0) is 35.7 Å². The Balaban J connectivity index is 1.97. The lowest BCUT2D eigenvalue weighted by Gasteiger charge is -2.36. The largest absolute Gasteiger partial charge is 0.431 e. The quantitative estimate of drug-likeness (QED) is 0.618. The van der Waals surface area contributed by atoms with Gasteiger partial charge in [0.1, 0.15) is 17.2 Å². The second-order valence-corrected chi connectivity index (χ2v) is 7.64. The zero-order chi connectivity index (χ0) is 22.3. The molecule has 0 atom stereocenters. The number of hydrogen-bond donors (Lipinski definition) is 1. The molecule has 1 fully saturated rings. The van der Waals surface area contributed by atoms with Crippen LogP contribution in [0.15, 0.2) is 54.6 Å². The number of rotatable bonds is 4. The third-order valence-corrected chi connectivity index (χ3v) is 5.44. The third-order valence-electron chi connectivity index (χ3n) is 5.44. The molecule has 1 saturated heterocycles. The van der Waals surface area contributed by atoms with Crippen molar-refractivity contribution in [1.29, 1.82) is 0 Å². The molecule has 0 aliphatic carbocycles. The van der Waals surface area contributed by atoms with E-state index in [1.807, 2.05) is 0 Å². The number of halogens is 4. The summed E-state index contributed by atoms with van der Waals surface area (Å²) in [7, 11) is 0. The van der Waals surface area contributed by atoms with E-state index in [2.05, 4.69) is 0 Å². The van der Waals surface area contributed by atoms with Crippen molar-refractivity contribution in [3.63, 3.8) is 0 Å². The summed E-state index contributed by atoms with van der Waals surface area (Å²) in [5.41, 5.74) is -0.0895. The highest BCUT2D eigenvalue weighted by molar-refractivity contribution is 6.01. The maximum atomic E-state index is 14.2. The molecular weight excluding hydrogens is 412 g/mol. The standard InChI is InChI=1S/C23H20F4N2O2/c1-14-19(16-7-9-17(24)10-8-16)20(22(31)28-12-18(30)13-28)29(21(14)23(25,26)27)11-15-5-3-2-4-6-15/h2-10,18,30H,11-13H2,1H3. The van der Waals surface area contributed by atoms with Gasteiger partial charge in [-0.15, -0.1) is 0 Å². The number of aliphatic hydroxyl groups is 1. The van der Waals surface area contributed by atoms with E-state index in [4.69, 9.17) is 0 Å². The van der Waals surface area contributed by atoms with Crippen molar-refractivity contribution in [3.8, 4) is 11.1 Å². The maximum absolute atomic E-state index is 14.2. The first-order chi connectivity index (χ1) is 14.7. The normalized spacial score (nSPS) is 14.6. The fourth-order valence-electron chi connectivity index (χ4n) is 4.00. The summed E-state index contributed by atoms with van der Waals surface area (Å²) in [6, 6.07) is 13.6. The summed E-state index contributed by atoms with van der Waals surface area (Å²) in [5.74, 6) is -1.13. The van der Waals surface area contributed by atoms with Crippen LogP contribution in [0.3, 0.4) is 0 Å². The summed E-state index contributed by atoms with van der Waals surface area (Å²) in [6.07, 6.45) is -5.40. The van der Waals surface area contributed by atoms with Crippen LogP contribution in [0.2, 0.25) is 0 Å². The van der Waals surface area contributed by atoms with Crippen molar-refractivity contribution in [3.05, 3.63) is 82.9 Å². The van der Waals surface area contributed by atoms with Gasteiger partial charge in [-0.2, -0.15) is 13.2 Å². The number of hydrogen-bond acceptors (Lipinski definition) is 2. The Labute approximate surface area is 176 Å². The van der Waals surface area contributed by atoms with Crippen LogP contribution in [0.4, 0.5) is 17.6 Å². The lowest BCUT2D eigenvalue weighted by atomic mass is 9.99. The molecule has 1 aromatic heterocycles. The van der Waals surface area contributed by atoms with Gasteiger partial charge in [0.15, 0.2) is 0 Å². The van der Waals surface area contributed by atoms with E-state index >= 15 is 0 Å². The molecule has 1 N–H and O–H groups in total. The van der Waals surface area contributed by atoms with Crippen LogP contribution in [0.5, 0.6) is 0 Å². The number of carbonyl (C=O) groups is 1. The van der Waals surface area contributed by atoms with Crippen LogP contribution in [-0.4, -0.2) is 39.7 Å². The van der Waals surface area contributed by atoms with Crippen LogP contribution in [0.1, 0.15) is 27.3 Å². The Hall–Kier alpha value is -3.13. The molecule has 3 aromatic rings. The first-order valence-electron chi connectivity index (χ1n) is 9.74. The first kappa shape index (κ1) is 21.1. The van der Waals surface area contributed by atoms with Gasteiger partial charge in [-0.25, -0.2) is 4.39 Å². The minimum absolute atomic E-state index is 0.0542. The fraction of sp³-hybridized carbons (Fsp3) is 0.261. The average molecular weight is 432 g/mol. The number of carbonyl (C=O) groups excluding carboxylic acids is 1. The number of likely N-dealkylation sites (tertiary alicyclic amines) is 1. The van der Waals surface area contributed by atoms with Crippen LogP contribution in [0, 0.1) is 12.7 Å². The topological polar surface area (TPSA) is 45.5 Å². The third kappa shape index (κ3) is 3.95. The molecule has 1 aliphatic heterocycles. The highest BCUT2D eigenvalue weighted by Gasteiger charge is 2.43. The van der Waals surface area contributed by atoms with E-state index in [0.29, 0.717) is 11.1 Å². The molecule has 0 saturated carbocycles. The number of benzene rings is 2. The molecule has 0 spiro atoms. The molecule has 1 amide bonds. The summed E-state index contributed by atoms with van der Waals surface area (Å²) in [5, 5.41) is 9.60. The van der Waals surface area contributed by atoms with Gasteiger partial charge in [0.25, 0.3) is 5.91 Å². The number of aromatic nitrogens is 1. The van der Waals surface area contributed by atoms with E-state index in [1.165, 1.54) is 24.0 Å². The average Bonchev–Trinajstić information content (AvgIpc) is 2.98. The Morgan fingerprint density at radius 1 is 1.06 bits per heavy atom. The van der Waals surface area contributed by atoms with Crippen molar-refractivity contribution in [2.45, 2.75) is 25.7 Å². The van der Waals surface area contributed by atoms with Gasteiger partial charge in [0.2, 0.25) is 0 Å². The van der Waals surface area contributed by atoms with Gasteiger partial charge >= 0.3 is 6.18 Å². The van der Waals surface area contributed by atoms with Gasteiger partial charge in [0, 0.05) is 25.2 Å². The molecule has 162 valence electrons. The van der Waals surface area contributed by atoms with E-state index in [9.17, 15) is 27.5 Å². The van der Waals surface area contributed by atoms with Crippen molar-refractivity contribution >= 4 is 5.91 Å². The zero-order valence-electron chi connectivity index (χ0n) is 16.7. The Bertz CT molecular complexity index is 1100. The number of amides is 1. The van der Waals surface area contributed by atoms with Gasteiger partial charge in [0.05, 0.1) is 6.10 Å². The molecule has 0 bridgehead atoms. The molecule has 4 rings (SSSR count). The van der Waals surface area contributed by atoms with Crippen molar-refractivity contribution in [2.24, 2.45) is 0 Å². The van der Waals surface area contributed by atoms with Crippen LogP contribution < -0.4 is 0 Å². The second kappa shape index (κ2) is 7.85. The Morgan fingerprint density at radius 2 is 1.68 bits per heavy atom. The molecule has 2 heterocycles. The minimum Gasteiger partial charge on any atom is -0.389 e. The minimum atomic E-state index is -4.71. The number of nitrogens with zero attached hydrogens (tertiary/aromatic N) is 2. The van der Waals surface area contributed by atoms with Crippen LogP contribution in [-0.2, 0) is 12.7 Å². The van der Waals surface area contributed by atoms with Gasteiger partial charge < -0.3 is 14.6 Å². The fourth-order valence-corrected chi connectivity index (χ4v) is 4.00. The van der Waals surface area contributed by atoms with E-state index in [1.54, 1.807) is 30.3 Å². The van der Waals surface area contributed by atoms with Gasteiger partial charge in [-0.3, -0.25) is 4.79 Å². The second-order valence-electron chi connectivity index (χ2n) is 7.64. The predicted molar refractivity (Wildman–Crippen MR) is 107 cm³/mol. The smallest absolute Gasteiger partial charge is 0.389 e. The van der Waals surface area contributed by atoms with Crippen LogP contribution >= 0.6 is 0 Å². The van der Waals surface area contributed by atoms with Crippen LogP contribution in [0.25, 0.3) is 11.1 Å². The summed E-state index contributed by atoms with van der Waals surface area (Å²) in [4.78, 5) is 14.6. The lowest BCUT2D eigenvalue weighted by molar-refractivity contribution is -0.143.